The van der Waals surface area contributed by atoms with Crippen molar-refractivity contribution in [1.82, 2.24) is 24.9 Å². The number of alkyl halides is 6. The number of benzene rings is 3. The predicted molar refractivity (Wildman–Crippen MR) is 201 cm³/mol. The van der Waals surface area contributed by atoms with Gasteiger partial charge in [0.1, 0.15) is 22.8 Å². The van der Waals surface area contributed by atoms with E-state index < -0.39 is 47.4 Å². The Kier molecular flexibility index (Phi) is 12.1. The van der Waals surface area contributed by atoms with E-state index in [1.807, 2.05) is 4.90 Å². The molecule has 0 bridgehead atoms. The normalized spacial score (nSPS) is 14.0. The number of aromatic carboxylic acids is 1. The number of esters is 1. The number of aromatic nitrogens is 4. The molecule has 59 heavy (non-hydrogen) atoms. The second-order valence-electron chi connectivity index (χ2n) is 13.9. The van der Waals surface area contributed by atoms with Crippen molar-refractivity contribution in [3.05, 3.63) is 129 Å². The van der Waals surface area contributed by atoms with E-state index in [0.29, 0.717) is 77.0 Å². The molecule has 19 heteroatoms. The van der Waals surface area contributed by atoms with E-state index in [2.05, 4.69) is 20.3 Å². The lowest BCUT2D eigenvalue weighted by atomic mass is 10.0. The summed E-state index contributed by atoms with van der Waals surface area (Å²) >= 11 is 0. The molecule has 0 fully saturated rings. The van der Waals surface area contributed by atoms with Crippen LogP contribution in [0.15, 0.2) is 72.8 Å². The molecular weight excluding hydrogens is 788 g/mol. The van der Waals surface area contributed by atoms with Crippen LogP contribution in [0.25, 0.3) is 0 Å². The third kappa shape index (κ3) is 9.19. The Morgan fingerprint density at radius 2 is 1.22 bits per heavy atom. The SMILES string of the molecule is COC(=O)c1ccc([C@H](CO)NC(=O)c2c(C)nn3c2N(Cc2cccc(C(F)(F)F)c2)CC3)cc1.Cc1nn2c(c1C(=O)O)N(Cc1cccc(C(F)(F)F)c1)CC2. The van der Waals surface area contributed by atoms with Crippen molar-refractivity contribution < 1.29 is 55.7 Å². The number of carboxylic acids is 1. The molecule has 3 aromatic carbocycles. The second-order valence-corrected chi connectivity index (χ2v) is 13.9. The first kappa shape index (κ1) is 42.2. The zero-order chi connectivity index (χ0) is 42.8. The average Bonchev–Trinajstić information content (AvgIpc) is 3.94. The molecule has 3 N–H and O–H groups in total. The molecule has 0 saturated heterocycles. The summed E-state index contributed by atoms with van der Waals surface area (Å²) in [4.78, 5) is 39.9. The monoisotopic (exact) mass is 827 g/mol. The molecule has 7 rings (SSSR count). The minimum absolute atomic E-state index is 0.106. The lowest BCUT2D eigenvalue weighted by molar-refractivity contribution is -0.138. The summed E-state index contributed by atoms with van der Waals surface area (Å²) in [6, 6.07) is 15.7. The fourth-order valence-electron chi connectivity index (χ4n) is 7.13. The minimum Gasteiger partial charge on any atom is -0.477 e. The first-order valence-corrected chi connectivity index (χ1v) is 18.2. The van der Waals surface area contributed by atoms with Crippen LogP contribution in [0.2, 0.25) is 0 Å². The molecule has 0 aliphatic carbocycles. The summed E-state index contributed by atoms with van der Waals surface area (Å²) in [5.74, 6) is -1.09. The fourth-order valence-corrected chi connectivity index (χ4v) is 7.13. The maximum absolute atomic E-state index is 13.3. The van der Waals surface area contributed by atoms with E-state index in [4.69, 9.17) is 0 Å². The molecule has 1 atom stereocenters. The third-order valence-corrected chi connectivity index (χ3v) is 9.88. The number of halogens is 6. The van der Waals surface area contributed by atoms with Crippen LogP contribution in [0, 0.1) is 13.8 Å². The number of nitrogens with one attached hydrogen (secondary N) is 1. The van der Waals surface area contributed by atoms with Crippen LogP contribution in [0.4, 0.5) is 38.0 Å². The van der Waals surface area contributed by atoms with E-state index in [-0.39, 0.29) is 25.3 Å². The number of carbonyl (C=O) groups excluding carboxylic acids is 2. The van der Waals surface area contributed by atoms with Crippen molar-refractivity contribution in [2.24, 2.45) is 0 Å². The number of nitrogens with zero attached hydrogens (tertiary/aromatic N) is 6. The highest BCUT2D eigenvalue weighted by molar-refractivity contribution is 6.01. The summed E-state index contributed by atoms with van der Waals surface area (Å²) in [5, 5.41) is 30.6. The number of fused-ring (bicyclic) bond motifs is 2. The maximum atomic E-state index is 13.3. The first-order chi connectivity index (χ1) is 27.9. The van der Waals surface area contributed by atoms with Gasteiger partial charge < -0.3 is 30.1 Å². The van der Waals surface area contributed by atoms with Gasteiger partial charge in [-0.1, -0.05) is 36.4 Å². The summed E-state index contributed by atoms with van der Waals surface area (Å²) < 4.78 is 85.7. The number of carbonyl (C=O) groups is 3. The van der Waals surface area contributed by atoms with Gasteiger partial charge in [-0.05, 0) is 66.9 Å². The van der Waals surface area contributed by atoms with Crippen LogP contribution in [-0.4, -0.2) is 74.4 Å². The summed E-state index contributed by atoms with van der Waals surface area (Å²) in [5.41, 5.74) is 1.68. The molecule has 1 amide bonds. The Hall–Kier alpha value is -6.37. The lowest BCUT2D eigenvalue weighted by Gasteiger charge is -2.21. The standard InChI is InChI=1S/C25H25F3N4O4.C15H14F3N3O2/c1-15-21(22(34)29-20(14-33)17-6-8-18(9-7-17)24(35)36-2)23-31(10-11-32(23)30-15)13-16-4-3-5-19(12-16)25(26,27)28;1-9-12(14(22)23)13-20(5-6-21(13)19-9)8-10-3-2-4-11(7-10)15(16,17)18/h3-9,12,20,33H,10-11,13-14H2,1-2H3,(H,29,34);2-4,7H,5-6,8H2,1H3,(H,22,23)/t20-;/m0./s1. The van der Waals surface area contributed by atoms with E-state index in [1.54, 1.807) is 52.4 Å². The average molecular weight is 828 g/mol. The number of aliphatic hydroxyl groups excluding tert-OH is 1. The molecule has 13 nitrogen and oxygen atoms in total. The minimum atomic E-state index is -4.45. The number of carboxylic acid groups (broad SMARTS) is 1. The molecule has 0 spiro atoms. The van der Waals surface area contributed by atoms with Crippen molar-refractivity contribution in [1.29, 1.82) is 0 Å². The Morgan fingerprint density at radius 3 is 1.66 bits per heavy atom. The smallest absolute Gasteiger partial charge is 0.416 e. The van der Waals surface area contributed by atoms with Crippen LogP contribution in [0.5, 0.6) is 0 Å². The number of ether oxygens (including phenoxy) is 1. The van der Waals surface area contributed by atoms with Gasteiger partial charge in [0.05, 0.1) is 60.9 Å². The van der Waals surface area contributed by atoms with Crippen molar-refractivity contribution in [3.63, 3.8) is 0 Å². The van der Waals surface area contributed by atoms with Crippen molar-refractivity contribution in [2.75, 3.05) is 36.6 Å². The summed E-state index contributed by atoms with van der Waals surface area (Å²) in [6.45, 7) is 5.28. The van der Waals surface area contributed by atoms with Gasteiger partial charge in [0.25, 0.3) is 5.91 Å². The number of methoxy groups -OCH3 is 1. The molecule has 4 heterocycles. The van der Waals surface area contributed by atoms with Crippen LogP contribution < -0.4 is 15.1 Å². The van der Waals surface area contributed by atoms with Gasteiger partial charge in [0.2, 0.25) is 0 Å². The lowest BCUT2D eigenvalue weighted by Crippen LogP contribution is -2.32. The predicted octanol–water partition coefficient (Wildman–Crippen LogP) is 6.41. The van der Waals surface area contributed by atoms with Gasteiger partial charge in [-0.3, -0.25) is 4.79 Å². The van der Waals surface area contributed by atoms with Gasteiger partial charge in [-0.2, -0.15) is 36.5 Å². The molecule has 312 valence electrons. The number of aliphatic hydroxyl groups is 1. The second kappa shape index (κ2) is 16.8. The highest BCUT2D eigenvalue weighted by Gasteiger charge is 2.35. The Balaban J connectivity index is 0.000000219. The highest BCUT2D eigenvalue weighted by atomic mass is 19.4. The molecule has 2 aliphatic heterocycles. The van der Waals surface area contributed by atoms with E-state index >= 15 is 0 Å². The van der Waals surface area contributed by atoms with Crippen molar-refractivity contribution >= 4 is 29.5 Å². The van der Waals surface area contributed by atoms with Gasteiger partial charge >= 0.3 is 24.3 Å². The third-order valence-electron chi connectivity index (χ3n) is 9.88. The van der Waals surface area contributed by atoms with Gasteiger partial charge in [0.15, 0.2) is 0 Å². The Morgan fingerprint density at radius 1 is 0.746 bits per heavy atom. The molecule has 2 aromatic heterocycles. The number of anilines is 2. The van der Waals surface area contributed by atoms with Gasteiger partial charge in [-0.25, -0.2) is 19.0 Å². The quantitative estimate of drug-likeness (QED) is 0.106. The Labute approximate surface area is 333 Å². The van der Waals surface area contributed by atoms with Crippen molar-refractivity contribution in [3.8, 4) is 0 Å². The van der Waals surface area contributed by atoms with Crippen LogP contribution in [0.3, 0.4) is 0 Å². The molecular formula is C40H39F6N7O6. The zero-order valence-corrected chi connectivity index (χ0v) is 31.9. The number of hydrogen-bond donors (Lipinski definition) is 3. The zero-order valence-electron chi connectivity index (χ0n) is 31.9. The number of hydrogen-bond acceptors (Lipinski definition) is 9. The van der Waals surface area contributed by atoms with Crippen LogP contribution >= 0.6 is 0 Å². The topological polar surface area (TPSA) is 155 Å². The van der Waals surface area contributed by atoms with Gasteiger partial charge in [-0.15, -0.1) is 0 Å². The van der Waals surface area contributed by atoms with Crippen LogP contribution in [0.1, 0.15) is 76.3 Å². The number of amides is 1. The Bertz CT molecular complexity index is 2360. The largest absolute Gasteiger partial charge is 0.477 e. The number of rotatable bonds is 10. The van der Waals surface area contributed by atoms with E-state index in [1.165, 1.54) is 31.4 Å². The van der Waals surface area contributed by atoms with Crippen LogP contribution in [-0.2, 0) is 43.3 Å². The van der Waals surface area contributed by atoms with E-state index in [0.717, 1.165) is 24.3 Å². The fraction of sp³-hybridized carbons (Fsp3) is 0.325. The van der Waals surface area contributed by atoms with E-state index in [9.17, 15) is 50.9 Å². The first-order valence-electron chi connectivity index (χ1n) is 18.2. The highest BCUT2D eigenvalue weighted by Crippen LogP contribution is 2.35. The molecule has 0 radical (unpaired) electrons. The molecule has 0 saturated carbocycles. The summed E-state index contributed by atoms with van der Waals surface area (Å²) in [7, 11) is 1.27. The molecule has 0 unspecified atom stereocenters. The van der Waals surface area contributed by atoms with Crippen molar-refractivity contribution in [2.45, 2.75) is 58.4 Å². The molecule has 5 aromatic rings. The van der Waals surface area contributed by atoms with Gasteiger partial charge in [0, 0.05) is 26.2 Å². The summed E-state index contributed by atoms with van der Waals surface area (Å²) in [6.07, 6.45) is -8.84. The number of aryl methyl sites for hydroxylation is 2. The maximum Gasteiger partial charge on any atom is 0.416 e. The molecule has 2 aliphatic rings.